The molecule has 0 spiro atoms. The molecular formula is C12H22N2O. The summed E-state index contributed by atoms with van der Waals surface area (Å²) >= 11 is 0. The smallest absolute Gasteiger partial charge is 0.222 e. The monoisotopic (exact) mass is 210 g/mol. The van der Waals surface area contributed by atoms with E-state index in [9.17, 15) is 4.79 Å². The zero-order valence-corrected chi connectivity index (χ0v) is 9.96. The predicted octanol–water partition coefficient (Wildman–Crippen LogP) is 1.51. The lowest BCUT2D eigenvalue weighted by molar-refractivity contribution is -0.132. The minimum Gasteiger partial charge on any atom is -0.340 e. The lowest BCUT2D eigenvalue weighted by Crippen LogP contribution is -2.48. The van der Waals surface area contributed by atoms with Crippen LogP contribution in [0.1, 0.15) is 26.7 Å². The molecule has 0 saturated carbocycles. The minimum absolute atomic E-state index is 0.286. The van der Waals surface area contributed by atoms with Crippen LogP contribution in [0.2, 0.25) is 0 Å². The zero-order chi connectivity index (χ0) is 11.3. The molecule has 3 nitrogen and oxygen atoms in total. The first-order chi connectivity index (χ1) is 7.13. The summed E-state index contributed by atoms with van der Waals surface area (Å²) in [6.45, 7) is 12.9. The Morgan fingerprint density at radius 2 is 1.80 bits per heavy atom. The standard InChI is InChI=1S/C12H22N2O/c1-4-13-7-9-14(10-8-13)12(15)6-5-11(2)3/h2,4-10H2,1,3H3. The fraction of sp³-hybridized carbons (Fsp3) is 0.750. The van der Waals surface area contributed by atoms with Crippen LogP contribution in [0.3, 0.4) is 0 Å². The second-order valence-corrected chi connectivity index (χ2v) is 4.27. The van der Waals surface area contributed by atoms with Crippen LogP contribution in [-0.4, -0.2) is 48.4 Å². The molecule has 0 aliphatic carbocycles. The molecule has 1 saturated heterocycles. The van der Waals surface area contributed by atoms with Crippen LogP contribution in [0, 0.1) is 0 Å². The number of carbonyl (C=O) groups is 1. The second-order valence-electron chi connectivity index (χ2n) is 4.27. The third-order valence-corrected chi connectivity index (χ3v) is 2.94. The van der Waals surface area contributed by atoms with Gasteiger partial charge in [-0.3, -0.25) is 4.79 Å². The van der Waals surface area contributed by atoms with E-state index in [1.54, 1.807) is 0 Å². The summed E-state index contributed by atoms with van der Waals surface area (Å²) in [4.78, 5) is 16.1. The Bertz CT molecular complexity index is 230. The van der Waals surface area contributed by atoms with Gasteiger partial charge in [0.1, 0.15) is 0 Å². The number of piperazine rings is 1. The van der Waals surface area contributed by atoms with E-state index in [0.29, 0.717) is 6.42 Å². The van der Waals surface area contributed by atoms with Gasteiger partial charge in [0.2, 0.25) is 5.91 Å². The van der Waals surface area contributed by atoms with Crippen molar-refractivity contribution in [2.45, 2.75) is 26.7 Å². The molecule has 1 fully saturated rings. The lowest BCUT2D eigenvalue weighted by atomic mass is 10.1. The number of carbonyl (C=O) groups excluding carboxylic acids is 1. The van der Waals surface area contributed by atoms with Gasteiger partial charge in [-0.15, -0.1) is 6.58 Å². The van der Waals surface area contributed by atoms with Gasteiger partial charge in [-0.05, 0) is 19.9 Å². The molecule has 1 amide bonds. The van der Waals surface area contributed by atoms with E-state index in [1.807, 2.05) is 11.8 Å². The molecule has 0 unspecified atom stereocenters. The second kappa shape index (κ2) is 5.91. The van der Waals surface area contributed by atoms with Gasteiger partial charge in [0.15, 0.2) is 0 Å². The van der Waals surface area contributed by atoms with Gasteiger partial charge in [0.25, 0.3) is 0 Å². The molecule has 0 N–H and O–H groups in total. The van der Waals surface area contributed by atoms with Crippen LogP contribution < -0.4 is 0 Å². The fourth-order valence-corrected chi connectivity index (χ4v) is 1.79. The minimum atomic E-state index is 0.286. The number of hydrogen-bond donors (Lipinski definition) is 0. The molecule has 1 heterocycles. The predicted molar refractivity (Wildman–Crippen MR) is 62.7 cm³/mol. The molecule has 1 aliphatic heterocycles. The number of rotatable bonds is 4. The van der Waals surface area contributed by atoms with E-state index in [-0.39, 0.29) is 5.91 Å². The third kappa shape index (κ3) is 4.04. The van der Waals surface area contributed by atoms with Crippen molar-refractivity contribution in [1.29, 1.82) is 0 Å². The van der Waals surface area contributed by atoms with Crippen molar-refractivity contribution in [3.05, 3.63) is 12.2 Å². The first-order valence-corrected chi connectivity index (χ1v) is 5.78. The Balaban J connectivity index is 2.27. The largest absolute Gasteiger partial charge is 0.340 e. The number of amides is 1. The molecule has 1 aliphatic rings. The van der Waals surface area contributed by atoms with Crippen molar-refractivity contribution in [1.82, 2.24) is 9.80 Å². The first kappa shape index (κ1) is 12.2. The number of likely N-dealkylation sites (N-methyl/N-ethyl adjacent to an activating group) is 1. The maximum absolute atomic E-state index is 11.8. The summed E-state index contributed by atoms with van der Waals surface area (Å²) in [5.74, 6) is 0.286. The Hall–Kier alpha value is -0.830. The average molecular weight is 210 g/mol. The number of hydrogen-bond acceptors (Lipinski definition) is 2. The molecule has 3 heteroatoms. The molecule has 0 aromatic heterocycles. The Kier molecular flexibility index (Phi) is 4.82. The molecule has 0 aromatic rings. The van der Waals surface area contributed by atoms with Crippen LogP contribution in [0.5, 0.6) is 0 Å². The Morgan fingerprint density at radius 1 is 1.20 bits per heavy atom. The van der Waals surface area contributed by atoms with Crippen molar-refractivity contribution in [3.63, 3.8) is 0 Å². The Morgan fingerprint density at radius 3 is 2.27 bits per heavy atom. The average Bonchev–Trinajstić information content (AvgIpc) is 2.26. The van der Waals surface area contributed by atoms with Gasteiger partial charge in [0.05, 0.1) is 0 Å². The summed E-state index contributed by atoms with van der Waals surface area (Å²) in [6, 6.07) is 0. The Labute approximate surface area is 92.7 Å². The van der Waals surface area contributed by atoms with E-state index < -0.39 is 0 Å². The van der Waals surface area contributed by atoms with E-state index in [4.69, 9.17) is 0 Å². The van der Waals surface area contributed by atoms with Gasteiger partial charge in [-0.2, -0.15) is 0 Å². The molecule has 1 rings (SSSR count). The van der Waals surface area contributed by atoms with Crippen LogP contribution in [0.4, 0.5) is 0 Å². The highest BCUT2D eigenvalue weighted by atomic mass is 16.2. The van der Waals surface area contributed by atoms with E-state index in [1.165, 1.54) is 0 Å². The highest BCUT2D eigenvalue weighted by molar-refractivity contribution is 5.76. The molecule has 86 valence electrons. The fourth-order valence-electron chi connectivity index (χ4n) is 1.79. The van der Waals surface area contributed by atoms with E-state index in [0.717, 1.165) is 44.7 Å². The molecular weight excluding hydrogens is 188 g/mol. The van der Waals surface area contributed by atoms with Crippen molar-refractivity contribution in [3.8, 4) is 0 Å². The maximum atomic E-state index is 11.8. The van der Waals surface area contributed by atoms with Gasteiger partial charge in [-0.1, -0.05) is 12.5 Å². The zero-order valence-electron chi connectivity index (χ0n) is 9.96. The van der Waals surface area contributed by atoms with Crippen LogP contribution in [0.25, 0.3) is 0 Å². The maximum Gasteiger partial charge on any atom is 0.222 e. The first-order valence-electron chi connectivity index (χ1n) is 5.78. The molecule has 15 heavy (non-hydrogen) atoms. The highest BCUT2D eigenvalue weighted by Gasteiger charge is 2.19. The quantitative estimate of drug-likeness (QED) is 0.657. The molecule has 0 atom stereocenters. The summed E-state index contributed by atoms with van der Waals surface area (Å²) in [6.07, 6.45) is 1.45. The normalized spacial score (nSPS) is 17.9. The van der Waals surface area contributed by atoms with Crippen molar-refractivity contribution in [2.24, 2.45) is 0 Å². The number of allylic oxidation sites excluding steroid dienone is 1. The van der Waals surface area contributed by atoms with Gasteiger partial charge >= 0.3 is 0 Å². The molecule has 0 bridgehead atoms. The van der Waals surface area contributed by atoms with E-state index >= 15 is 0 Å². The summed E-state index contributed by atoms with van der Waals surface area (Å²) in [5.41, 5.74) is 1.09. The molecule has 0 radical (unpaired) electrons. The number of nitrogens with zero attached hydrogens (tertiary/aromatic N) is 2. The van der Waals surface area contributed by atoms with Gasteiger partial charge in [-0.25, -0.2) is 0 Å². The summed E-state index contributed by atoms with van der Waals surface area (Å²) < 4.78 is 0. The van der Waals surface area contributed by atoms with Gasteiger partial charge < -0.3 is 9.80 Å². The third-order valence-electron chi connectivity index (χ3n) is 2.94. The lowest BCUT2D eigenvalue weighted by Gasteiger charge is -2.34. The van der Waals surface area contributed by atoms with Crippen molar-refractivity contribution < 1.29 is 4.79 Å². The van der Waals surface area contributed by atoms with Crippen molar-refractivity contribution in [2.75, 3.05) is 32.7 Å². The van der Waals surface area contributed by atoms with Crippen LogP contribution in [-0.2, 0) is 4.79 Å². The summed E-state index contributed by atoms with van der Waals surface area (Å²) in [7, 11) is 0. The van der Waals surface area contributed by atoms with Crippen molar-refractivity contribution >= 4 is 5.91 Å². The van der Waals surface area contributed by atoms with Crippen LogP contribution in [0.15, 0.2) is 12.2 Å². The van der Waals surface area contributed by atoms with Crippen LogP contribution >= 0.6 is 0 Å². The highest BCUT2D eigenvalue weighted by Crippen LogP contribution is 2.07. The molecule has 0 aromatic carbocycles. The topological polar surface area (TPSA) is 23.6 Å². The SMILES string of the molecule is C=C(C)CCC(=O)N1CCN(CC)CC1. The van der Waals surface area contributed by atoms with E-state index in [2.05, 4.69) is 18.4 Å². The summed E-state index contributed by atoms with van der Waals surface area (Å²) in [5, 5.41) is 0. The van der Waals surface area contributed by atoms with Gasteiger partial charge in [0, 0.05) is 32.6 Å².